The minimum absolute atomic E-state index is 0.198. The van der Waals surface area contributed by atoms with Gasteiger partial charge in [0.15, 0.2) is 17.6 Å². The fourth-order valence-electron chi connectivity index (χ4n) is 3.01. The van der Waals surface area contributed by atoms with E-state index in [4.69, 9.17) is 19.3 Å². The predicted molar refractivity (Wildman–Crippen MR) is 117 cm³/mol. The molecule has 0 radical (unpaired) electrons. The quantitative estimate of drug-likeness (QED) is 0.460. The van der Waals surface area contributed by atoms with E-state index in [2.05, 4.69) is 5.32 Å². The van der Waals surface area contributed by atoms with Gasteiger partial charge in [0.05, 0.1) is 19.4 Å². The summed E-state index contributed by atoms with van der Waals surface area (Å²) in [6.45, 7) is 3.40. The van der Waals surface area contributed by atoms with Crippen molar-refractivity contribution in [3.63, 3.8) is 0 Å². The Morgan fingerprint density at radius 1 is 1.12 bits per heavy atom. The van der Waals surface area contributed by atoms with E-state index in [0.717, 1.165) is 4.90 Å². The van der Waals surface area contributed by atoms with E-state index in [1.165, 1.54) is 50.4 Å². The Labute approximate surface area is 189 Å². The molecule has 0 bridgehead atoms. The molecule has 10 heteroatoms. The van der Waals surface area contributed by atoms with Gasteiger partial charge in [0, 0.05) is 0 Å². The molecule has 3 rings (SSSR count). The highest BCUT2D eigenvalue weighted by Crippen LogP contribution is 2.31. The summed E-state index contributed by atoms with van der Waals surface area (Å²) < 4.78 is 16.0. The first-order valence-corrected chi connectivity index (χ1v) is 9.97. The molecule has 0 spiro atoms. The SMILES string of the molecule is CCOc1cc(/C=C2/C(=O)NC(=O)N(c3ccc(OC)cc3)C2=O)ccc1OC(C)C(=O)O. The number of carboxylic acids is 1. The highest BCUT2D eigenvalue weighted by Gasteiger charge is 2.36. The van der Waals surface area contributed by atoms with Crippen LogP contribution in [0, 0.1) is 0 Å². The summed E-state index contributed by atoms with van der Waals surface area (Å²) in [5.41, 5.74) is 0.412. The van der Waals surface area contributed by atoms with Crippen molar-refractivity contribution in [2.24, 2.45) is 0 Å². The fraction of sp³-hybridized carbons (Fsp3) is 0.217. The molecule has 1 aliphatic rings. The van der Waals surface area contributed by atoms with Crippen molar-refractivity contribution in [3.8, 4) is 17.2 Å². The number of nitrogens with zero attached hydrogens (tertiary/aromatic N) is 1. The normalized spacial score (nSPS) is 15.8. The second-order valence-electron chi connectivity index (χ2n) is 6.89. The van der Waals surface area contributed by atoms with Gasteiger partial charge in [-0.05, 0) is 61.9 Å². The van der Waals surface area contributed by atoms with E-state index in [-0.39, 0.29) is 29.4 Å². The second-order valence-corrected chi connectivity index (χ2v) is 6.89. The maximum absolute atomic E-state index is 13.0. The van der Waals surface area contributed by atoms with Crippen molar-refractivity contribution in [2.75, 3.05) is 18.6 Å². The number of hydrogen-bond donors (Lipinski definition) is 2. The molecule has 1 saturated heterocycles. The Morgan fingerprint density at radius 2 is 1.82 bits per heavy atom. The monoisotopic (exact) mass is 454 g/mol. The molecule has 1 aliphatic heterocycles. The number of carboxylic acid groups (broad SMARTS) is 1. The van der Waals surface area contributed by atoms with Crippen molar-refractivity contribution in [2.45, 2.75) is 20.0 Å². The van der Waals surface area contributed by atoms with Gasteiger partial charge >= 0.3 is 12.0 Å². The standard InChI is InChI=1S/C23H22N2O8/c1-4-32-19-12-14(5-10-18(19)33-13(2)22(28)29)11-17-20(26)24-23(30)25(21(17)27)15-6-8-16(31-3)9-7-15/h5-13H,4H2,1-3H3,(H,28,29)(H,24,26,30)/b17-11-. The van der Waals surface area contributed by atoms with Crippen molar-refractivity contribution >= 4 is 35.6 Å². The lowest BCUT2D eigenvalue weighted by Gasteiger charge is -2.26. The van der Waals surface area contributed by atoms with Crippen molar-refractivity contribution in [3.05, 3.63) is 53.6 Å². The zero-order valence-electron chi connectivity index (χ0n) is 18.2. The summed E-state index contributed by atoms with van der Waals surface area (Å²) in [6.07, 6.45) is 0.205. The molecule has 1 atom stereocenters. The van der Waals surface area contributed by atoms with Crippen LogP contribution >= 0.6 is 0 Å². The van der Waals surface area contributed by atoms with E-state index < -0.39 is 29.9 Å². The van der Waals surface area contributed by atoms with Gasteiger partial charge in [-0.15, -0.1) is 0 Å². The molecule has 0 aromatic heterocycles. The van der Waals surface area contributed by atoms with Gasteiger partial charge in [-0.2, -0.15) is 0 Å². The van der Waals surface area contributed by atoms with Crippen LogP contribution in [0.3, 0.4) is 0 Å². The number of ether oxygens (including phenoxy) is 3. The molecule has 0 aliphatic carbocycles. The molecular formula is C23H22N2O8. The number of urea groups is 1. The van der Waals surface area contributed by atoms with E-state index >= 15 is 0 Å². The Kier molecular flexibility index (Phi) is 6.97. The number of methoxy groups -OCH3 is 1. The van der Waals surface area contributed by atoms with Crippen LogP contribution in [0.15, 0.2) is 48.0 Å². The largest absolute Gasteiger partial charge is 0.497 e. The molecule has 10 nitrogen and oxygen atoms in total. The zero-order valence-corrected chi connectivity index (χ0v) is 18.2. The third kappa shape index (κ3) is 5.12. The number of carbonyl (C=O) groups is 4. The molecule has 4 amide bonds. The first-order valence-electron chi connectivity index (χ1n) is 9.97. The van der Waals surface area contributed by atoms with Crippen LogP contribution in [-0.2, 0) is 14.4 Å². The topological polar surface area (TPSA) is 131 Å². The summed E-state index contributed by atoms with van der Waals surface area (Å²) >= 11 is 0. The first-order chi connectivity index (χ1) is 15.7. The lowest BCUT2D eigenvalue weighted by molar-refractivity contribution is -0.144. The molecule has 1 heterocycles. The Hall–Kier alpha value is -4.34. The summed E-state index contributed by atoms with van der Waals surface area (Å²) in [5, 5.41) is 11.2. The fourth-order valence-corrected chi connectivity index (χ4v) is 3.01. The summed E-state index contributed by atoms with van der Waals surface area (Å²) in [5.74, 6) is -1.80. The molecule has 1 unspecified atom stereocenters. The van der Waals surface area contributed by atoms with Crippen LogP contribution in [0.25, 0.3) is 6.08 Å². The average molecular weight is 454 g/mol. The van der Waals surface area contributed by atoms with Crippen LogP contribution in [0.5, 0.6) is 17.2 Å². The molecule has 172 valence electrons. The number of carbonyl (C=O) groups excluding carboxylic acids is 3. The number of nitrogens with one attached hydrogen (secondary N) is 1. The van der Waals surface area contributed by atoms with Crippen LogP contribution in [0.4, 0.5) is 10.5 Å². The van der Waals surface area contributed by atoms with Gasteiger partial charge in [-0.3, -0.25) is 14.9 Å². The van der Waals surface area contributed by atoms with E-state index in [0.29, 0.717) is 11.3 Å². The van der Waals surface area contributed by atoms with Gasteiger partial charge in [-0.1, -0.05) is 6.07 Å². The number of aliphatic carboxylic acids is 1. The maximum Gasteiger partial charge on any atom is 0.344 e. The summed E-state index contributed by atoms with van der Waals surface area (Å²) in [7, 11) is 1.49. The van der Waals surface area contributed by atoms with Crippen LogP contribution in [0.2, 0.25) is 0 Å². The average Bonchev–Trinajstić information content (AvgIpc) is 2.78. The number of benzene rings is 2. The number of anilines is 1. The number of amides is 4. The number of barbiturate groups is 1. The van der Waals surface area contributed by atoms with Gasteiger partial charge in [0.25, 0.3) is 11.8 Å². The van der Waals surface area contributed by atoms with Crippen LogP contribution in [0.1, 0.15) is 19.4 Å². The molecule has 1 fully saturated rings. The van der Waals surface area contributed by atoms with Gasteiger partial charge in [0.1, 0.15) is 11.3 Å². The zero-order chi connectivity index (χ0) is 24.1. The number of hydrogen-bond acceptors (Lipinski definition) is 7. The molecule has 33 heavy (non-hydrogen) atoms. The Morgan fingerprint density at radius 3 is 2.42 bits per heavy atom. The lowest BCUT2D eigenvalue weighted by atomic mass is 10.1. The number of imide groups is 2. The minimum atomic E-state index is -1.14. The minimum Gasteiger partial charge on any atom is -0.497 e. The maximum atomic E-state index is 13.0. The van der Waals surface area contributed by atoms with E-state index in [1.54, 1.807) is 19.1 Å². The van der Waals surface area contributed by atoms with Gasteiger partial charge in [-0.25, -0.2) is 14.5 Å². The lowest BCUT2D eigenvalue weighted by Crippen LogP contribution is -2.54. The predicted octanol–water partition coefficient (Wildman–Crippen LogP) is 2.61. The Bertz CT molecular complexity index is 1120. The summed E-state index contributed by atoms with van der Waals surface area (Å²) in [4.78, 5) is 49.7. The molecule has 2 aromatic rings. The second kappa shape index (κ2) is 9.86. The highest BCUT2D eigenvalue weighted by molar-refractivity contribution is 6.39. The van der Waals surface area contributed by atoms with Gasteiger partial charge < -0.3 is 19.3 Å². The van der Waals surface area contributed by atoms with Crippen molar-refractivity contribution in [1.82, 2.24) is 5.32 Å². The molecule has 2 aromatic carbocycles. The van der Waals surface area contributed by atoms with E-state index in [1.807, 2.05) is 0 Å². The van der Waals surface area contributed by atoms with Crippen LogP contribution < -0.4 is 24.4 Å². The number of rotatable bonds is 8. The third-order valence-electron chi connectivity index (χ3n) is 4.66. The molecule has 0 saturated carbocycles. The van der Waals surface area contributed by atoms with Crippen LogP contribution in [-0.4, -0.2) is 48.7 Å². The highest BCUT2D eigenvalue weighted by atomic mass is 16.5. The van der Waals surface area contributed by atoms with E-state index in [9.17, 15) is 19.2 Å². The van der Waals surface area contributed by atoms with Crippen molar-refractivity contribution < 1.29 is 38.5 Å². The Balaban J connectivity index is 1.95. The van der Waals surface area contributed by atoms with Gasteiger partial charge in [0.2, 0.25) is 0 Å². The smallest absolute Gasteiger partial charge is 0.344 e. The summed E-state index contributed by atoms with van der Waals surface area (Å²) in [6, 6.07) is 9.87. The molecular weight excluding hydrogens is 432 g/mol. The molecule has 2 N–H and O–H groups in total. The first kappa shape index (κ1) is 23.3. The third-order valence-corrected chi connectivity index (χ3v) is 4.66. The van der Waals surface area contributed by atoms with Crippen molar-refractivity contribution in [1.29, 1.82) is 0 Å².